The Kier molecular flexibility index (Phi) is 1.68. The summed E-state index contributed by atoms with van der Waals surface area (Å²) in [6.45, 7) is 1.90. The molecule has 2 atom stereocenters. The maximum Gasteiger partial charge on any atom is 0.323 e. The van der Waals surface area contributed by atoms with Gasteiger partial charge in [-0.2, -0.15) is 0 Å². The van der Waals surface area contributed by atoms with Crippen molar-refractivity contribution in [3.63, 3.8) is 0 Å². The fourth-order valence-corrected chi connectivity index (χ4v) is 1.52. The summed E-state index contributed by atoms with van der Waals surface area (Å²) in [6, 6.07) is 0. The van der Waals surface area contributed by atoms with E-state index in [9.17, 15) is 4.79 Å². The third-order valence-corrected chi connectivity index (χ3v) is 2.51. The molecule has 0 amide bonds. The first-order valence-electron chi connectivity index (χ1n) is 3.59. The second kappa shape index (κ2) is 2.23. The summed E-state index contributed by atoms with van der Waals surface area (Å²) in [5.41, 5.74) is 4.72. The summed E-state index contributed by atoms with van der Waals surface area (Å²) in [6.07, 6.45) is 2.52. The van der Waals surface area contributed by atoms with E-state index in [1.165, 1.54) is 0 Å². The van der Waals surface area contributed by atoms with Gasteiger partial charge in [0.1, 0.15) is 5.54 Å². The minimum atomic E-state index is -0.931. The van der Waals surface area contributed by atoms with Crippen LogP contribution in [-0.2, 0) is 4.79 Å². The summed E-state index contributed by atoms with van der Waals surface area (Å²) in [4.78, 5) is 10.6. The van der Waals surface area contributed by atoms with Crippen molar-refractivity contribution in [2.75, 3.05) is 0 Å². The molecule has 10 heavy (non-hydrogen) atoms. The molecular weight excluding hydrogens is 130 g/mol. The first-order chi connectivity index (χ1) is 4.57. The molecule has 0 saturated heterocycles. The Morgan fingerprint density at radius 3 is 2.60 bits per heavy atom. The summed E-state index contributed by atoms with van der Waals surface area (Å²) >= 11 is 0. The molecule has 0 aromatic carbocycles. The van der Waals surface area contributed by atoms with E-state index in [4.69, 9.17) is 10.8 Å². The lowest BCUT2D eigenvalue weighted by atomic mass is 9.90. The number of rotatable bonds is 1. The first-order valence-corrected chi connectivity index (χ1v) is 3.59. The summed E-state index contributed by atoms with van der Waals surface area (Å²) in [5, 5.41) is 8.72. The maximum absolute atomic E-state index is 10.6. The van der Waals surface area contributed by atoms with Gasteiger partial charge in [0.25, 0.3) is 0 Å². The van der Waals surface area contributed by atoms with Crippen LogP contribution in [0.25, 0.3) is 0 Å². The van der Waals surface area contributed by atoms with Crippen LogP contribution < -0.4 is 5.73 Å². The van der Waals surface area contributed by atoms with Crippen LogP contribution in [0.15, 0.2) is 0 Å². The van der Waals surface area contributed by atoms with Gasteiger partial charge in [-0.15, -0.1) is 0 Å². The van der Waals surface area contributed by atoms with Crippen molar-refractivity contribution in [1.29, 1.82) is 0 Å². The fourth-order valence-electron chi connectivity index (χ4n) is 1.52. The Balaban J connectivity index is 2.75. The molecule has 1 saturated carbocycles. The van der Waals surface area contributed by atoms with Gasteiger partial charge in [-0.05, 0) is 18.8 Å². The van der Waals surface area contributed by atoms with E-state index in [2.05, 4.69) is 0 Å². The molecule has 0 aromatic heterocycles. The molecule has 3 heteroatoms. The lowest BCUT2D eigenvalue weighted by Gasteiger charge is -2.22. The van der Waals surface area contributed by atoms with Crippen molar-refractivity contribution in [3.8, 4) is 0 Å². The Labute approximate surface area is 60.2 Å². The minimum Gasteiger partial charge on any atom is -0.480 e. The second-order valence-corrected chi connectivity index (χ2v) is 3.14. The third kappa shape index (κ3) is 0.904. The van der Waals surface area contributed by atoms with Crippen molar-refractivity contribution in [3.05, 3.63) is 0 Å². The molecule has 0 heterocycles. The number of aliphatic carboxylic acids is 1. The number of nitrogens with two attached hydrogens (primary N) is 1. The zero-order chi connectivity index (χ0) is 7.78. The standard InChI is InChI=1S/C7H13NO2/c1-5-3-2-4-7(5,8)6(9)10/h5H,2-4,8H2,1H3,(H,9,10)/t5-,7-/m1/s1. The number of carbonyl (C=O) groups is 1. The number of hydrogen-bond acceptors (Lipinski definition) is 2. The van der Waals surface area contributed by atoms with Crippen molar-refractivity contribution in [2.24, 2.45) is 11.7 Å². The van der Waals surface area contributed by atoms with Gasteiger partial charge in [0.05, 0.1) is 0 Å². The molecule has 3 N–H and O–H groups in total. The SMILES string of the molecule is C[C@@H]1CCC[C@]1(N)C(=O)O. The van der Waals surface area contributed by atoms with Crippen LogP contribution in [0.4, 0.5) is 0 Å². The van der Waals surface area contributed by atoms with Gasteiger partial charge < -0.3 is 10.8 Å². The lowest BCUT2D eigenvalue weighted by molar-refractivity contribution is -0.144. The molecule has 0 bridgehead atoms. The highest BCUT2D eigenvalue weighted by Crippen LogP contribution is 2.33. The summed E-state index contributed by atoms with van der Waals surface area (Å²) in [5.74, 6) is -0.720. The van der Waals surface area contributed by atoms with E-state index in [0.717, 1.165) is 12.8 Å². The van der Waals surface area contributed by atoms with Crippen LogP contribution in [0.1, 0.15) is 26.2 Å². The van der Waals surface area contributed by atoms with Crippen molar-refractivity contribution >= 4 is 5.97 Å². The molecule has 0 radical (unpaired) electrons. The van der Waals surface area contributed by atoms with Crippen molar-refractivity contribution < 1.29 is 9.90 Å². The Hall–Kier alpha value is -0.570. The summed E-state index contributed by atoms with van der Waals surface area (Å²) < 4.78 is 0. The van der Waals surface area contributed by atoms with Crippen molar-refractivity contribution in [1.82, 2.24) is 0 Å². The molecular formula is C7H13NO2. The lowest BCUT2D eigenvalue weighted by Crippen LogP contribution is -2.49. The second-order valence-electron chi connectivity index (χ2n) is 3.14. The van der Waals surface area contributed by atoms with Crippen molar-refractivity contribution in [2.45, 2.75) is 31.7 Å². The Morgan fingerprint density at radius 2 is 2.40 bits per heavy atom. The molecule has 58 valence electrons. The van der Waals surface area contributed by atoms with Gasteiger partial charge in [-0.25, -0.2) is 0 Å². The minimum absolute atomic E-state index is 0.130. The maximum atomic E-state index is 10.6. The number of carboxylic acids is 1. The molecule has 1 aliphatic carbocycles. The quantitative estimate of drug-likeness (QED) is 0.564. The predicted octanol–water partition coefficient (Wildman–Crippen LogP) is 0.588. The average molecular weight is 143 g/mol. The van der Waals surface area contributed by atoms with Crippen LogP contribution in [-0.4, -0.2) is 16.6 Å². The van der Waals surface area contributed by atoms with Crippen LogP contribution in [0.2, 0.25) is 0 Å². The van der Waals surface area contributed by atoms with Gasteiger partial charge in [-0.1, -0.05) is 13.3 Å². The predicted molar refractivity (Wildman–Crippen MR) is 37.6 cm³/mol. The molecule has 1 rings (SSSR count). The number of hydrogen-bond donors (Lipinski definition) is 2. The highest BCUT2D eigenvalue weighted by atomic mass is 16.4. The average Bonchev–Trinajstić information content (AvgIpc) is 2.15. The number of carboxylic acid groups (broad SMARTS) is 1. The zero-order valence-corrected chi connectivity index (χ0v) is 6.13. The molecule has 3 nitrogen and oxygen atoms in total. The van der Waals surface area contributed by atoms with E-state index in [0.29, 0.717) is 6.42 Å². The van der Waals surface area contributed by atoms with Crippen LogP contribution >= 0.6 is 0 Å². The van der Waals surface area contributed by atoms with E-state index < -0.39 is 11.5 Å². The highest BCUT2D eigenvalue weighted by Gasteiger charge is 2.43. The largest absolute Gasteiger partial charge is 0.480 e. The fraction of sp³-hybridized carbons (Fsp3) is 0.857. The first kappa shape index (κ1) is 7.54. The van der Waals surface area contributed by atoms with Crippen LogP contribution in [0, 0.1) is 5.92 Å². The van der Waals surface area contributed by atoms with Gasteiger partial charge >= 0.3 is 5.97 Å². The van der Waals surface area contributed by atoms with Gasteiger partial charge in [-0.3, -0.25) is 4.79 Å². The monoisotopic (exact) mass is 143 g/mol. The van der Waals surface area contributed by atoms with E-state index in [-0.39, 0.29) is 5.92 Å². The molecule has 0 spiro atoms. The molecule has 1 fully saturated rings. The van der Waals surface area contributed by atoms with Gasteiger partial charge in [0.15, 0.2) is 0 Å². The van der Waals surface area contributed by atoms with Crippen LogP contribution in [0.3, 0.4) is 0 Å². The van der Waals surface area contributed by atoms with Gasteiger partial charge in [0, 0.05) is 0 Å². The zero-order valence-electron chi connectivity index (χ0n) is 6.13. The molecule has 0 aliphatic heterocycles. The normalized spacial score (nSPS) is 40.0. The third-order valence-electron chi connectivity index (χ3n) is 2.51. The molecule has 0 unspecified atom stereocenters. The van der Waals surface area contributed by atoms with Crippen LogP contribution in [0.5, 0.6) is 0 Å². The van der Waals surface area contributed by atoms with Gasteiger partial charge in [0.2, 0.25) is 0 Å². The topological polar surface area (TPSA) is 63.3 Å². The highest BCUT2D eigenvalue weighted by molar-refractivity contribution is 5.79. The molecule has 1 aliphatic rings. The molecule has 0 aromatic rings. The van der Waals surface area contributed by atoms with E-state index >= 15 is 0 Å². The summed E-state index contributed by atoms with van der Waals surface area (Å²) in [7, 11) is 0. The Morgan fingerprint density at radius 1 is 1.80 bits per heavy atom. The van der Waals surface area contributed by atoms with E-state index in [1.807, 2.05) is 6.92 Å². The smallest absolute Gasteiger partial charge is 0.323 e. The Bertz CT molecular complexity index is 158. The van der Waals surface area contributed by atoms with E-state index in [1.54, 1.807) is 0 Å².